The third-order valence-electron chi connectivity index (χ3n) is 5.08. The van der Waals surface area contributed by atoms with Gasteiger partial charge in [-0.05, 0) is 66.1 Å². The largest absolute Gasteiger partial charge is 0.399 e. The van der Waals surface area contributed by atoms with Crippen molar-refractivity contribution in [2.45, 2.75) is 27.7 Å². The average Bonchev–Trinajstić information content (AvgIpc) is 2.76. The molecule has 0 aliphatic rings. The summed E-state index contributed by atoms with van der Waals surface area (Å²) in [4.78, 5) is 0. The molecule has 0 fully saturated rings. The molecule has 0 aromatic heterocycles. The highest BCUT2D eigenvalue weighted by Crippen LogP contribution is 2.34. The third-order valence-corrected chi connectivity index (χ3v) is 5.27. The smallest absolute Gasteiger partial charge is 0.139 e. The van der Waals surface area contributed by atoms with Gasteiger partial charge in [0.2, 0.25) is 0 Å². The topological polar surface area (TPSA) is 78.1 Å². The average molecular weight is 462 g/mol. The first-order valence-electron chi connectivity index (χ1n) is 10.5. The molecule has 0 bridgehead atoms. The lowest BCUT2D eigenvalue weighted by atomic mass is 9.98. The lowest BCUT2D eigenvalue weighted by Gasteiger charge is -2.12. The van der Waals surface area contributed by atoms with Crippen LogP contribution in [0.5, 0.6) is 0 Å². The van der Waals surface area contributed by atoms with E-state index in [9.17, 15) is 4.39 Å². The summed E-state index contributed by atoms with van der Waals surface area (Å²) in [6.45, 7) is 11.6. The maximum Gasteiger partial charge on any atom is 0.139 e. The van der Waals surface area contributed by atoms with E-state index < -0.39 is 0 Å². The number of anilines is 3. The Kier molecular flexibility index (Phi) is 8.34. The number of aryl methyl sites for hydroxylation is 2. The maximum atomic E-state index is 13.4. The van der Waals surface area contributed by atoms with Crippen LogP contribution in [0.2, 0.25) is 0 Å². The van der Waals surface area contributed by atoms with Gasteiger partial charge in [-0.2, -0.15) is 0 Å². The van der Waals surface area contributed by atoms with Gasteiger partial charge in [-0.3, -0.25) is 0 Å². The quantitative estimate of drug-likeness (QED) is 0.204. The fraction of sp³-hybridized carbons (Fsp3) is 0.143. The predicted octanol–water partition coefficient (Wildman–Crippen LogP) is 7.40. The number of fused-ring (bicyclic) bond motifs is 2. The van der Waals surface area contributed by atoms with Crippen molar-refractivity contribution in [3.63, 3.8) is 0 Å². The number of benzene rings is 4. The molecule has 0 aliphatic heterocycles. The molecule has 4 aromatic rings. The zero-order valence-electron chi connectivity index (χ0n) is 19.4. The predicted molar refractivity (Wildman–Crippen MR) is 145 cm³/mol. The molecule has 0 heterocycles. The molecule has 0 aliphatic carbocycles. The molecule has 5 heteroatoms. The number of hydrogen-bond donors (Lipinski definition) is 3. The van der Waals surface area contributed by atoms with Gasteiger partial charge in [0.1, 0.15) is 5.82 Å². The Labute approximate surface area is 200 Å². The van der Waals surface area contributed by atoms with Crippen molar-refractivity contribution in [1.82, 2.24) is 0 Å². The van der Waals surface area contributed by atoms with Crippen LogP contribution in [0.3, 0.4) is 0 Å². The second-order valence-electron chi connectivity index (χ2n) is 7.37. The van der Waals surface area contributed by atoms with Crippen LogP contribution in [-0.2, 0) is 0 Å². The number of nitrogen functional groups attached to an aromatic ring is 3. The van der Waals surface area contributed by atoms with Crippen molar-refractivity contribution in [2.24, 2.45) is 0 Å². The summed E-state index contributed by atoms with van der Waals surface area (Å²) in [7, 11) is 0. The first-order valence-corrected chi connectivity index (χ1v) is 10.9. The van der Waals surface area contributed by atoms with Gasteiger partial charge in [0.05, 0.1) is 5.56 Å². The lowest BCUT2D eigenvalue weighted by molar-refractivity contribution is 0.626. The fourth-order valence-electron chi connectivity index (χ4n) is 3.80. The number of rotatable bonds is 1. The molecule has 33 heavy (non-hydrogen) atoms. The Morgan fingerprint density at radius 3 is 2.00 bits per heavy atom. The Morgan fingerprint density at radius 1 is 0.879 bits per heavy atom. The van der Waals surface area contributed by atoms with E-state index >= 15 is 0 Å². The minimum absolute atomic E-state index is 0.310. The molecule has 4 aromatic carbocycles. The van der Waals surface area contributed by atoms with Crippen LogP contribution in [0.1, 0.15) is 36.1 Å². The van der Waals surface area contributed by atoms with Crippen LogP contribution in [0.4, 0.5) is 21.5 Å². The number of hydrogen-bond acceptors (Lipinski definition) is 3. The molecule has 4 rings (SSSR count). The number of nitrogens with two attached hydrogens (primary N) is 3. The normalized spacial score (nSPS) is 9.97. The van der Waals surface area contributed by atoms with E-state index in [-0.39, 0.29) is 5.82 Å². The standard InChI is InChI=1S/C13H13ClN2.C13H10FN.C2H6/c1-7-3-4-9-5-10(15)6-11(16)13(9)12(7)8(2)14;1-3-11-12(14)5-4-9-7-10(15)6-8(2)13(9)11;1-2/h3-6H,2,15-16H2,1H3;1,4-7H,15H2,2H3;1-2H3. The highest BCUT2D eigenvalue weighted by molar-refractivity contribution is 6.49. The molecule has 0 amide bonds. The SMILES string of the molecule is C#Cc1c(F)ccc2cc(N)cc(C)c12.C=C(Cl)c1c(C)ccc2cc(N)cc(N)c12.CC. The summed E-state index contributed by atoms with van der Waals surface area (Å²) in [5, 5.41) is 4.06. The Balaban J connectivity index is 0.000000218. The molecular weight excluding hydrogens is 433 g/mol. The molecule has 0 unspecified atom stereocenters. The van der Waals surface area contributed by atoms with Gasteiger partial charge in [-0.1, -0.05) is 56.1 Å². The molecule has 3 nitrogen and oxygen atoms in total. The van der Waals surface area contributed by atoms with Gasteiger partial charge in [0.15, 0.2) is 0 Å². The fourth-order valence-corrected chi connectivity index (χ4v) is 4.04. The second kappa shape index (κ2) is 10.8. The molecule has 0 saturated carbocycles. The lowest BCUT2D eigenvalue weighted by Crippen LogP contribution is -1.95. The van der Waals surface area contributed by atoms with Crippen molar-refractivity contribution < 1.29 is 4.39 Å². The van der Waals surface area contributed by atoms with Crippen molar-refractivity contribution >= 4 is 55.2 Å². The van der Waals surface area contributed by atoms with Crippen LogP contribution >= 0.6 is 11.6 Å². The van der Waals surface area contributed by atoms with Gasteiger partial charge in [0.25, 0.3) is 0 Å². The van der Waals surface area contributed by atoms with E-state index in [4.69, 9.17) is 35.2 Å². The van der Waals surface area contributed by atoms with E-state index in [0.717, 1.165) is 38.2 Å². The number of terminal acetylenes is 1. The monoisotopic (exact) mass is 461 g/mol. The van der Waals surface area contributed by atoms with Gasteiger partial charge in [0, 0.05) is 38.4 Å². The second-order valence-corrected chi connectivity index (χ2v) is 7.83. The Hall–Kier alpha value is -3.68. The summed E-state index contributed by atoms with van der Waals surface area (Å²) in [5.74, 6) is 2.02. The highest BCUT2D eigenvalue weighted by Gasteiger charge is 2.10. The summed E-state index contributed by atoms with van der Waals surface area (Å²) in [6.07, 6.45) is 5.30. The van der Waals surface area contributed by atoms with Gasteiger partial charge >= 0.3 is 0 Å². The zero-order valence-corrected chi connectivity index (χ0v) is 20.1. The van der Waals surface area contributed by atoms with E-state index in [2.05, 4.69) is 12.5 Å². The van der Waals surface area contributed by atoms with Crippen molar-refractivity contribution in [1.29, 1.82) is 0 Å². The molecule has 0 spiro atoms. The summed E-state index contributed by atoms with van der Waals surface area (Å²) < 4.78 is 13.4. The maximum absolute atomic E-state index is 13.4. The van der Waals surface area contributed by atoms with E-state index in [1.165, 1.54) is 6.07 Å². The van der Waals surface area contributed by atoms with E-state index in [1.54, 1.807) is 24.3 Å². The molecule has 6 N–H and O–H groups in total. The van der Waals surface area contributed by atoms with Gasteiger partial charge < -0.3 is 17.2 Å². The molecule has 0 radical (unpaired) electrons. The van der Waals surface area contributed by atoms with Gasteiger partial charge in [-0.25, -0.2) is 4.39 Å². The van der Waals surface area contributed by atoms with Crippen LogP contribution in [0, 0.1) is 32.0 Å². The molecule has 170 valence electrons. The molecule has 0 saturated heterocycles. The minimum Gasteiger partial charge on any atom is -0.399 e. The van der Waals surface area contributed by atoms with Crippen LogP contribution < -0.4 is 17.2 Å². The summed E-state index contributed by atoms with van der Waals surface area (Å²) in [6, 6.07) is 14.3. The van der Waals surface area contributed by atoms with Gasteiger partial charge in [-0.15, -0.1) is 6.42 Å². The van der Waals surface area contributed by atoms with Crippen LogP contribution in [0.25, 0.3) is 26.6 Å². The minimum atomic E-state index is -0.363. The van der Waals surface area contributed by atoms with Crippen molar-refractivity contribution in [3.8, 4) is 12.3 Å². The first kappa shape index (κ1) is 25.6. The molecular formula is C28H29ClFN3. The van der Waals surface area contributed by atoms with E-state index in [0.29, 0.717) is 27.7 Å². The van der Waals surface area contributed by atoms with E-state index in [1.807, 2.05) is 45.9 Å². The van der Waals surface area contributed by atoms with Crippen LogP contribution in [0.15, 0.2) is 55.1 Å². The number of halogens is 2. The Bertz CT molecular complexity index is 1380. The van der Waals surface area contributed by atoms with Crippen molar-refractivity contribution in [2.75, 3.05) is 17.2 Å². The Morgan fingerprint density at radius 2 is 1.42 bits per heavy atom. The highest BCUT2D eigenvalue weighted by atomic mass is 35.5. The molecule has 0 atom stereocenters. The summed E-state index contributed by atoms with van der Waals surface area (Å²) >= 11 is 6.02. The first-order chi connectivity index (χ1) is 15.6. The third kappa shape index (κ3) is 5.39. The zero-order chi connectivity index (χ0) is 24.9. The van der Waals surface area contributed by atoms with Crippen LogP contribution in [-0.4, -0.2) is 0 Å². The van der Waals surface area contributed by atoms with Crippen molar-refractivity contribution in [3.05, 3.63) is 83.2 Å². The summed E-state index contributed by atoms with van der Waals surface area (Å²) in [5.41, 5.74) is 22.6.